The van der Waals surface area contributed by atoms with Crippen LogP contribution in [0.25, 0.3) is 27.2 Å². The van der Waals surface area contributed by atoms with E-state index in [9.17, 15) is 10.2 Å². The molecule has 0 spiro atoms. The molecular weight excluding hydrogens is 730 g/mol. The quantitative estimate of drug-likeness (QED) is 0.111. The van der Waals surface area contributed by atoms with Crippen molar-refractivity contribution in [2.45, 2.75) is 0 Å². The first-order valence-corrected chi connectivity index (χ1v) is 14.6. The van der Waals surface area contributed by atoms with Crippen LogP contribution < -0.4 is 10.2 Å². The van der Waals surface area contributed by atoms with Crippen LogP contribution in [0, 0.1) is 0 Å². The van der Waals surface area contributed by atoms with Gasteiger partial charge in [0.25, 0.3) is 0 Å². The van der Waals surface area contributed by atoms with Gasteiger partial charge in [-0.3, -0.25) is 20.0 Å². The Kier molecular flexibility index (Phi) is 16.4. The minimum absolute atomic E-state index is 0. The Labute approximate surface area is 295 Å². The van der Waals surface area contributed by atoms with Crippen LogP contribution in [0.4, 0.5) is 11.4 Å². The van der Waals surface area contributed by atoms with Crippen molar-refractivity contribution in [3.63, 3.8) is 0 Å². The molecule has 6 rings (SSSR count). The van der Waals surface area contributed by atoms with E-state index in [1.54, 1.807) is 42.9 Å². The molecule has 12 heteroatoms. The van der Waals surface area contributed by atoms with Crippen molar-refractivity contribution in [1.29, 1.82) is 0 Å². The van der Waals surface area contributed by atoms with E-state index in [1.807, 2.05) is 60.7 Å². The monoisotopic (exact) mass is 752 g/mol. The van der Waals surface area contributed by atoms with Crippen molar-refractivity contribution >= 4 is 90.5 Å². The zero-order chi connectivity index (χ0) is 32.6. The zero-order valence-corrected chi connectivity index (χ0v) is 28.3. The molecule has 1 radical (unpaired) electrons. The fourth-order valence-electron chi connectivity index (χ4n) is 3.90. The van der Waals surface area contributed by atoms with Crippen LogP contribution in [-0.2, 0) is 17.1 Å². The van der Waals surface area contributed by atoms with Gasteiger partial charge in [0.1, 0.15) is 0 Å². The molecule has 2 aromatic heterocycles. The maximum absolute atomic E-state index is 11.7. The van der Waals surface area contributed by atoms with E-state index >= 15 is 0 Å². The van der Waals surface area contributed by atoms with Crippen LogP contribution in [0.1, 0.15) is 11.1 Å². The maximum atomic E-state index is 11.7. The van der Waals surface area contributed by atoms with E-state index in [2.05, 4.69) is 48.1 Å². The van der Waals surface area contributed by atoms with E-state index in [0.29, 0.717) is 16.1 Å². The summed E-state index contributed by atoms with van der Waals surface area (Å²) in [5, 5.41) is 41.4. The number of fused-ring (bicyclic) bond motifs is 2. The summed E-state index contributed by atoms with van der Waals surface area (Å²) in [6.45, 7) is 0. The number of thiocarbonyl (C=S) groups is 1. The molecule has 6 aromatic rings. The topological polar surface area (TPSA) is 139 Å². The third-order valence-electron chi connectivity index (χ3n) is 5.85. The largest absolute Gasteiger partial charge is 3.00 e. The van der Waals surface area contributed by atoms with Gasteiger partial charge < -0.3 is 20.7 Å². The molecule has 0 saturated carbocycles. The second-order valence-corrected chi connectivity index (χ2v) is 10.2. The van der Waals surface area contributed by atoms with Crippen LogP contribution in [0.2, 0.25) is 5.02 Å². The number of isothiocyanates is 1. The SMILES string of the molecule is CO.[Fe+3].[N-]=C=S.[O-]c1ccc(Br)cc1C=Nc1cccc2cccnc12.[O-]c1ccc(Cl)cc1C=Nc1cccc2cccnc12. The predicted molar refractivity (Wildman–Crippen MR) is 187 cm³/mol. The Hall–Kier alpha value is -4.31. The van der Waals surface area contributed by atoms with E-state index in [-0.39, 0.29) is 28.6 Å². The van der Waals surface area contributed by atoms with Crippen LogP contribution >= 0.6 is 39.7 Å². The normalized spacial score (nSPS) is 10.1. The van der Waals surface area contributed by atoms with Gasteiger partial charge in [-0.15, -0.1) is 0 Å². The second kappa shape index (κ2) is 19.9. The van der Waals surface area contributed by atoms with Crippen LogP contribution in [0.5, 0.6) is 11.5 Å². The van der Waals surface area contributed by atoms with Crippen LogP contribution in [0.3, 0.4) is 0 Å². The third kappa shape index (κ3) is 10.9. The molecular formula is C34H24BrClFeN5O3S. The number of aliphatic hydroxyl groups excluding tert-OH is 1. The van der Waals surface area contributed by atoms with Gasteiger partial charge in [0.05, 0.1) is 22.4 Å². The first kappa shape index (κ1) is 37.9. The van der Waals surface area contributed by atoms with Gasteiger partial charge in [0, 0.05) is 52.2 Å². The third-order valence-corrected chi connectivity index (χ3v) is 6.58. The van der Waals surface area contributed by atoms with Crippen molar-refractivity contribution in [1.82, 2.24) is 9.97 Å². The molecule has 0 aliphatic carbocycles. The van der Waals surface area contributed by atoms with Gasteiger partial charge in [-0.2, -0.15) is 5.16 Å². The summed E-state index contributed by atoms with van der Waals surface area (Å²) in [4.78, 5) is 17.4. The Morgan fingerprint density at radius 2 is 1.20 bits per heavy atom. The maximum Gasteiger partial charge on any atom is 3.00 e. The fraction of sp³-hybridized carbons (Fsp3) is 0.0294. The average molecular weight is 754 g/mol. The number of aliphatic imine (C=N–C) groups is 2. The molecule has 46 heavy (non-hydrogen) atoms. The van der Waals surface area contributed by atoms with Crippen molar-refractivity contribution in [2.24, 2.45) is 9.98 Å². The molecule has 0 fully saturated rings. The second-order valence-electron chi connectivity index (χ2n) is 8.68. The molecule has 8 nitrogen and oxygen atoms in total. The Bertz CT molecular complexity index is 1840. The molecule has 0 saturated heterocycles. The summed E-state index contributed by atoms with van der Waals surface area (Å²) < 4.78 is 0.856. The summed E-state index contributed by atoms with van der Waals surface area (Å²) in [5.74, 6) is -0.156. The minimum atomic E-state index is -0.105. The molecule has 231 valence electrons. The molecule has 0 amide bonds. The number of hydrogen-bond donors (Lipinski definition) is 1. The van der Waals surface area contributed by atoms with Gasteiger partial charge in [0.2, 0.25) is 0 Å². The van der Waals surface area contributed by atoms with Crippen LogP contribution in [0.15, 0.2) is 124 Å². The standard InChI is InChI=1S/C16H11BrN2O.C16H11ClN2O.CNS.CH4O.Fe/c2*17-13-6-7-15(20)12(9-13)10-19-14-5-1-3-11-4-2-8-18-16(11)14;2-1-3;1-2;/h2*1-10,20H;;2H,1H3;/q;;-1;;+3/p-2. The van der Waals surface area contributed by atoms with E-state index in [0.717, 1.165) is 44.8 Å². The first-order valence-electron chi connectivity index (χ1n) is 13.0. The number of halogens is 2. The molecule has 0 aliphatic rings. The molecule has 0 aliphatic heterocycles. The molecule has 1 N–H and O–H groups in total. The number of pyridine rings is 2. The number of aliphatic hydroxyl groups is 1. The number of nitrogens with zero attached hydrogens (tertiary/aromatic N) is 5. The van der Waals surface area contributed by atoms with E-state index < -0.39 is 0 Å². The number of para-hydroxylation sites is 2. The first-order chi connectivity index (χ1) is 21.9. The zero-order valence-electron chi connectivity index (χ0n) is 24.1. The molecule has 4 aromatic carbocycles. The molecule has 0 unspecified atom stereocenters. The Balaban J connectivity index is 0.000000276. The summed E-state index contributed by atoms with van der Waals surface area (Å²) >= 11 is 12.9. The number of aromatic nitrogens is 2. The van der Waals surface area contributed by atoms with Gasteiger partial charge in [-0.25, -0.2) is 0 Å². The molecule has 0 atom stereocenters. The van der Waals surface area contributed by atoms with Gasteiger partial charge in [0.15, 0.2) is 0 Å². The van der Waals surface area contributed by atoms with E-state index in [1.165, 1.54) is 23.5 Å². The average Bonchev–Trinajstić information content (AvgIpc) is 3.07. The van der Waals surface area contributed by atoms with Crippen molar-refractivity contribution in [3.8, 4) is 11.5 Å². The van der Waals surface area contributed by atoms with Gasteiger partial charge in [-0.1, -0.05) is 99.8 Å². The van der Waals surface area contributed by atoms with Gasteiger partial charge in [-0.05, 0) is 59.7 Å². The predicted octanol–water partition coefficient (Wildman–Crippen LogP) is 7.80. The summed E-state index contributed by atoms with van der Waals surface area (Å²) in [6.07, 6.45) is 6.56. The van der Waals surface area contributed by atoms with Crippen LogP contribution in [-0.4, -0.2) is 39.8 Å². The summed E-state index contributed by atoms with van der Waals surface area (Å²) in [6, 6.07) is 28.9. The summed E-state index contributed by atoms with van der Waals surface area (Å²) in [5.41, 5.74) is 4.12. The minimum Gasteiger partial charge on any atom is -0.872 e. The van der Waals surface area contributed by atoms with E-state index in [4.69, 9.17) is 22.1 Å². The molecule has 2 heterocycles. The van der Waals surface area contributed by atoms with Crippen molar-refractivity contribution in [2.75, 3.05) is 7.11 Å². The fourth-order valence-corrected chi connectivity index (χ4v) is 4.46. The smallest absolute Gasteiger partial charge is 0.872 e. The number of hydrogen-bond acceptors (Lipinski definition) is 8. The molecule has 0 bridgehead atoms. The number of benzene rings is 4. The summed E-state index contributed by atoms with van der Waals surface area (Å²) in [7, 11) is 1.00. The Morgan fingerprint density at radius 1 is 0.761 bits per heavy atom. The Morgan fingerprint density at radius 3 is 1.70 bits per heavy atom. The number of rotatable bonds is 4. The van der Waals surface area contributed by atoms with Gasteiger partial charge >= 0.3 is 17.1 Å². The van der Waals surface area contributed by atoms with Crippen molar-refractivity contribution < 1.29 is 32.4 Å². The van der Waals surface area contributed by atoms with Crippen molar-refractivity contribution in [3.05, 3.63) is 135 Å².